The Morgan fingerprint density at radius 1 is 1.28 bits per heavy atom. The maximum Gasteiger partial charge on any atom is 0.0890 e. The van der Waals surface area contributed by atoms with Crippen molar-refractivity contribution in [2.75, 3.05) is 19.8 Å². The van der Waals surface area contributed by atoms with Crippen LogP contribution in [0.5, 0.6) is 0 Å². The van der Waals surface area contributed by atoms with Crippen LogP contribution in [0, 0.1) is 5.92 Å². The predicted molar refractivity (Wildman–Crippen MR) is 70.2 cm³/mol. The van der Waals surface area contributed by atoms with Gasteiger partial charge in [-0.1, -0.05) is 12.1 Å². The van der Waals surface area contributed by atoms with E-state index < -0.39 is 0 Å². The van der Waals surface area contributed by atoms with Crippen LogP contribution in [0.4, 0.5) is 0 Å². The third-order valence-corrected chi connectivity index (χ3v) is 3.26. The number of para-hydroxylation sites is 2. The van der Waals surface area contributed by atoms with Crippen molar-refractivity contribution >= 4 is 11.0 Å². The van der Waals surface area contributed by atoms with Crippen molar-refractivity contribution in [3.63, 3.8) is 0 Å². The predicted octanol–water partition coefficient (Wildman–Crippen LogP) is 1.76. The van der Waals surface area contributed by atoms with Gasteiger partial charge in [0, 0.05) is 19.7 Å². The van der Waals surface area contributed by atoms with Gasteiger partial charge in [0.2, 0.25) is 0 Å². The van der Waals surface area contributed by atoms with E-state index in [1.807, 2.05) is 30.5 Å². The highest BCUT2D eigenvalue weighted by molar-refractivity contribution is 5.73. The van der Waals surface area contributed by atoms with E-state index in [0.29, 0.717) is 5.92 Å². The molecule has 0 saturated carbocycles. The lowest BCUT2D eigenvalue weighted by molar-refractivity contribution is 0.185. The summed E-state index contributed by atoms with van der Waals surface area (Å²) in [5.41, 5.74) is 2.90. The Labute approximate surface area is 106 Å². The van der Waals surface area contributed by atoms with Crippen molar-refractivity contribution < 1.29 is 4.74 Å². The molecular weight excluding hydrogens is 226 g/mol. The van der Waals surface area contributed by atoms with Crippen molar-refractivity contribution in [1.29, 1.82) is 0 Å². The molecule has 18 heavy (non-hydrogen) atoms. The first-order valence-corrected chi connectivity index (χ1v) is 6.41. The molecule has 1 aliphatic heterocycles. The van der Waals surface area contributed by atoms with Gasteiger partial charge < -0.3 is 10.1 Å². The van der Waals surface area contributed by atoms with E-state index >= 15 is 0 Å². The van der Waals surface area contributed by atoms with Gasteiger partial charge in [-0.2, -0.15) is 0 Å². The smallest absolute Gasteiger partial charge is 0.0890 e. The molecule has 1 unspecified atom stereocenters. The summed E-state index contributed by atoms with van der Waals surface area (Å²) in [5, 5.41) is 3.43. The van der Waals surface area contributed by atoms with Crippen molar-refractivity contribution in [3.05, 3.63) is 36.2 Å². The average molecular weight is 243 g/mol. The van der Waals surface area contributed by atoms with Gasteiger partial charge in [-0.25, -0.2) is 4.98 Å². The summed E-state index contributed by atoms with van der Waals surface area (Å²) in [6.07, 6.45) is 3.01. The summed E-state index contributed by atoms with van der Waals surface area (Å²) < 4.78 is 5.35. The molecule has 4 heteroatoms. The van der Waals surface area contributed by atoms with Gasteiger partial charge in [-0.15, -0.1) is 0 Å². The molecule has 1 atom stereocenters. The first-order chi connectivity index (χ1) is 8.92. The molecule has 94 valence electrons. The summed E-state index contributed by atoms with van der Waals surface area (Å²) in [4.78, 5) is 8.99. The minimum absolute atomic E-state index is 0.651. The second kappa shape index (κ2) is 5.42. The number of benzene rings is 1. The third kappa shape index (κ3) is 2.66. The van der Waals surface area contributed by atoms with E-state index in [9.17, 15) is 0 Å². The molecule has 2 aromatic rings. The number of hydrogen-bond acceptors (Lipinski definition) is 4. The molecule has 1 aromatic carbocycles. The largest absolute Gasteiger partial charge is 0.381 e. The van der Waals surface area contributed by atoms with E-state index in [-0.39, 0.29) is 0 Å². The monoisotopic (exact) mass is 243 g/mol. The third-order valence-electron chi connectivity index (χ3n) is 3.26. The van der Waals surface area contributed by atoms with Gasteiger partial charge in [-0.3, -0.25) is 4.98 Å². The number of hydrogen-bond donors (Lipinski definition) is 1. The highest BCUT2D eigenvalue weighted by Crippen LogP contribution is 2.11. The number of fused-ring (bicyclic) bond motifs is 1. The van der Waals surface area contributed by atoms with E-state index in [1.165, 1.54) is 0 Å². The van der Waals surface area contributed by atoms with Crippen LogP contribution in [0.1, 0.15) is 12.1 Å². The molecular formula is C14H17N3O. The fourth-order valence-corrected chi connectivity index (χ4v) is 2.23. The average Bonchev–Trinajstić information content (AvgIpc) is 2.92. The summed E-state index contributed by atoms with van der Waals surface area (Å²) >= 11 is 0. The van der Waals surface area contributed by atoms with Crippen LogP contribution in [-0.4, -0.2) is 29.7 Å². The topological polar surface area (TPSA) is 47.0 Å². The Hall–Kier alpha value is -1.52. The Morgan fingerprint density at radius 3 is 3.00 bits per heavy atom. The second-order valence-electron chi connectivity index (χ2n) is 4.71. The van der Waals surface area contributed by atoms with Gasteiger partial charge in [-0.05, 0) is 24.5 Å². The van der Waals surface area contributed by atoms with E-state index in [0.717, 1.165) is 49.5 Å². The lowest BCUT2D eigenvalue weighted by Crippen LogP contribution is -2.23. The first-order valence-electron chi connectivity index (χ1n) is 6.41. The molecule has 3 rings (SSSR count). The molecule has 0 bridgehead atoms. The number of nitrogens with zero attached hydrogens (tertiary/aromatic N) is 2. The van der Waals surface area contributed by atoms with E-state index in [4.69, 9.17) is 4.74 Å². The number of nitrogens with one attached hydrogen (secondary N) is 1. The number of rotatable bonds is 4. The lowest BCUT2D eigenvalue weighted by atomic mass is 10.1. The highest BCUT2D eigenvalue weighted by Gasteiger charge is 2.14. The zero-order chi connectivity index (χ0) is 12.2. The summed E-state index contributed by atoms with van der Waals surface area (Å²) in [5.74, 6) is 0.651. The molecule has 1 N–H and O–H groups in total. The fourth-order valence-electron chi connectivity index (χ4n) is 2.23. The van der Waals surface area contributed by atoms with Crippen LogP contribution < -0.4 is 5.32 Å². The van der Waals surface area contributed by atoms with Crippen LogP contribution in [0.3, 0.4) is 0 Å². The molecule has 1 fully saturated rings. The highest BCUT2D eigenvalue weighted by atomic mass is 16.5. The summed E-state index contributed by atoms with van der Waals surface area (Å²) in [6.45, 7) is 3.56. The zero-order valence-electron chi connectivity index (χ0n) is 10.3. The van der Waals surface area contributed by atoms with Gasteiger partial charge in [0.1, 0.15) is 0 Å². The molecule has 0 aliphatic carbocycles. The minimum atomic E-state index is 0.651. The lowest BCUT2D eigenvalue weighted by Gasteiger charge is -2.09. The van der Waals surface area contributed by atoms with Gasteiger partial charge in [0.25, 0.3) is 0 Å². The first kappa shape index (κ1) is 11.6. The Balaban J connectivity index is 1.60. The van der Waals surface area contributed by atoms with Crippen LogP contribution in [0.25, 0.3) is 11.0 Å². The maximum atomic E-state index is 5.35. The molecule has 4 nitrogen and oxygen atoms in total. The normalized spacial score (nSPS) is 19.4. The quantitative estimate of drug-likeness (QED) is 0.888. The fraction of sp³-hybridized carbons (Fsp3) is 0.429. The van der Waals surface area contributed by atoms with Crippen LogP contribution >= 0.6 is 0 Å². The van der Waals surface area contributed by atoms with Crippen molar-refractivity contribution in [2.24, 2.45) is 5.92 Å². The van der Waals surface area contributed by atoms with Crippen LogP contribution in [-0.2, 0) is 11.3 Å². The van der Waals surface area contributed by atoms with Gasteiger partial charge in [0.05, 0.1) is 29.5 Å². The Bertz CT molecular complexity index is 523. The van der Waals surface area contributed by atoms with Gasteiger partial charge in [0.15, 0.2) is 0 Å². The zero-order valence-corrected chi connectivity index (χ0v) is 10.3. The Kier molecular flexibility index (Phi) is 3.48. The second-order valence-corrected chi connectivity index (χ2v) is 4.71. The molecule has 0 spiro atoms. The minimum Gasteiger partial charge on any atom is -0.381 e. The summed E-state index contributed by atoms with van der Waals surface area (Å²) in [6, 6.07) is 7.95. The molecule has 0 radical (unpaired) electrons. The maximum absolute atomic E-state index is 5.35. The molecule has 1 aliphatic rings. The molecule has 1 aromatic heterocycles. The van der Waals surface area contributed by atoms with Crippen molar-refractivity contribution in [2.45, 2.75) is 13.0 Å². The van der Waals surface area contributed by atoms with E-state index in [1.54, 1.807) is 0 Å². The van der Waals surface area contributed by atoms with Gasteiger partial charge >= 0.3 is 0 Å². The number of aromatic nitrogens is 2. The number of ether oxygens (including phenoxy) is 1. The molecule has 2 heterocycles. The van der Waals surface area contributed by atoms with Crippen molar-refractivity contribution in [1.82, 2.24) is 15.3 Å². The van der Waals surface area contributed by atoms with Crippen LogP contribution in [0.15, 0.2) is 30.5 Å². The van der Waals surface area contributed by atoms with E-state index in [2.05, 4.69) is 15.3 Å². The standard InChI is InChI=1S/C14H17N3O/c1-2-4-14-13(3-1)16-9-12(17-14)8-15-7-11-5-6-18-10-11/h1-4,9,11,15H,5-8,10H2. The van der Waals surface area contributed by atoms with Crippen molar-refractivity contribution in [3.8, 4) is 0 Å². The van der Waals surface area contributed by atoms with Crippen LogP contribution in [0.2, 0.25) is 0 Å². The molecule has 1 saturated heterocycles. The molecule has 0 amide bonds. The SMILES string of the molecule is c1ccc2nc(CNCC3CCOC3)cnc2c1. The summed E-state index contributed by atoms with van der Waals surface area (Å²) in [7, 11) is 0. The Morgan fingerprint density at radius 2 is 2.17 bits per heavy atom.